The Morgan fingerprint density at radius 2 is 2.04 bits per heavy atom. The molecule has 0 amide bonds. The van der Waals surface area contributed by atoms with Crippen LogP contribution in [0.15, 0.2) is 27.4 Å². The van der Waals surface area contributed by atoms with E-state index in [-0.39, 0.29) is 12.5 Å². The van der Waals surface area contributed by atoms with Crippen LogP contribution >= 0.6 is 0 Å². The zero-order valence-corrected chi connectivity index (χ0v) is 17.3. The third-order valence-electron chi connectivity index (χ3n) is 5.11. The van der Waals surface area contributed by atoms with Crippen LogP contribution in [0.25, 0.3) is 11.0 Å². The molecule has 28 heavy (non-hydrogen) atoms. The molecule has 1 aromatic carbocycles. The van der Waals surface area contributed by atoms with Gasteiger partial charge in [0, 0.05) is 23.6 Å². The number of ether oxygens (including phenoxy) is 1. The standard InChI is InChI=1S/C20H25NO6S/c1-12(2)15-10-16-14(9-19(22)27-18(16)8-13(15)3)11-26-20(23)17-6-5-7-21(17)28(4,24)25/h8-10,12,17H,5-7,11H2,1-4H3. The molecule has 3 rings (SSSR count). The van der Waals surface area contributed by atoms with Gasteiger partial charge in [0.15, 0.2) is 0 Å². The smallest absolute Gasteiger partial charge is 0.336 e. The Kier molecular flexibility index (Phi) is 5.63. The van der Waals surface area contributed by atoms with Gasteiger partial charge in [-0.15, -0.1) is 0 Å². The Balaban J connectivity index is 1.89. The van der Waals surface area contributed by atoms with Gasteiger partial charge in [-0.3, -0.25) is 4.79 Å². The van der Waals surface area contributed by atoms with Gasteiger partial charge >= 0.3 is 11.6 Å². The lowest BCUT2D eigenvalue weighted by Crippen LogP contribution is -2.40. The fourth-order valence-corrected chi connectivity index (χ4v) is 4.87. The van der Waals surface area contributed by atoms with Crippen molar-refractivity contribution in [1.82, 2.24) is 4.31 Å². The van der Waals surface area contributed by atoms with Crippen LogP contribution in [0.5, 0.6) is 0 Å². The minimum atomic E-state index is -3.47. The van der Waals surface area contributed by atoms with Gasteiger partial charge in [0.1, 0.15) is 18.2 Å². The highest BCUT2D eigenvalue weighted by Gasteiger charge is 2.37. The topological polar surface area (TPSA) is 93.9 Å². The summed E-state index contributed by atoms with van der Waals surface area (Å²) in [4.78, 5) is 24.4. The first-order valence-electron chi connectivity index (χ1n) is 9.28. The quantitative estimate of drug-likeness (QED) is 0.559. The molecule has 1 unspecified atom stereocenters. The molecule has 2 aromatic rings. The first kappa shape index (κ1) is 20.5. The van der Waals surface area contributed by atoms with Gasteiger partial charge in [-0.05, 0) is 48.9 Å². The molecule has 0 spiro atoms. The van der Waals surface area contributed by atoms with Crippen LogP contribution < -0.4 is 5.63 Å². The van der Waals surface area contributed by atoms with Gasteiger partial charge in [0.2, 0.25) is 10.0 Å². The molecule has 0 N–H and O–H groups in total. The van der Waals surface area contributed by atoms with E-state index in [4.69, 9.17) is 9.15 Å². The van der Waals surface area contributed by atoms with Crippen molar-refractivity contribution in [1.29, 1.82) is 0 Å². The van der Waals surface area contributed by atoms with Gasteiger partial charge in [-0.1, -0.05) is 13.8 Å². The Labute approximate surface area is 164 Å². The maximum atomic E-state index is 12.5. The fraction of sp³-hybridized carbons (Fsp3) is 0.500. The van der Waals surface area contributed by atoms with Crippen LogP contribution in [0, 0.1) is 6.92 Å². The highest BCUT2D eigenvalue weighted by Crippen LogP contribution is 2.28. The largest absolute Gasteiger partial charge is 0.460 e. The van der Waals surface area contributed by atoms with Crippen molar-refractivity contribution in [2.24, 2.45) is 0 Å². The summed E-state index contributed by atoms with van der Waals surface area (Å²) in [5, 5.41) is 0.716. The first-order chi connectivity index (χ1) is 13.1. The molecule has 2 heterocycles. The zero-order valence-electron chi connectivity index (χ0n) is 16.5. The molecule has 0 bridgehead atoms. The van der Waals surface area contributed by atoms with Crippen molar-refractivity contribution in [3.8, 4) is 0 Å². The summed E-state index contributed by atoms with van der Waals surface area (Å²) in [7, 11) is -3.47. The number of benzene rings is 1. The predicted octanol–water partition coefficient (Wildman–Crippen LogP) is 2.69. The average molecular weight is 407 g/mol. The maximum absolute atomic E-state index is 12.5. The average Bonchev–Trinajstić information content (AvgIpc) is 3.08. The molecule has 1 atom stereocenters. The summed E-state index contributed by atoms with van der Waals surface area (Å²) in [6.07, 6.45) is 2.13. The number of rotatable bonds is 5. The summed E-state index contributed by atoms with van der Waals surface area (Å²) >= 11 is 0. The molecule has 1 aromatic heterocycles. The van der Waals surface area contributed by atoms with Gasteiger partial charge in [-0.2, -0.15) is 4.31 Å². The number of sulfonamides is 1. The van der Waals surface area contributed by atoms with Crippen molar-refractivity contribution in [3.63, 3.8) is 0 Å². The molecule has 1 aliphatic heterocycles. The first-order valence-corrected chi connectivity index (χ1v) is 11.1. The van der Waals surface area contributed by atoms with Gasteiger partial charge in [-0.25, -0.2) is 13.2 Å². The van der Waals surface area contributed by atoms with E-state index in [0.29, 0.717) is 35.9 Å². The lowest BCUT2D eigenvalue weighted by molar-refractivity contribution is -0.148. The number of esters is 1. The number of fused-ring (bicyclic) bond motifs is 1. The van der Waals surface area contributed by atoms with E-state index in [1.165, 1.54) is 10.4 Å². The number of hydrogen-bond acceptors (Lipinski definition) is 6. The van der Waals surface area contributed by atoms with E-state index in [1.807, 2.05) is 19.1 Å². The third-order valence-corrected chi connectivity index (χ3v) is 6.40. The van der Waals surface area contributed by atoms with Crippen molar-refractivity contribution in [2.75, 3.05) is 12.8 Å². The van der Waals surface area contributed by atoms with Crippen molar-refractivity contribution >= 4 is 27.0 Å². The van der Waals surface area contributed by atoms with Crippen LogP contribution in [0.1, 0.15) is 49.3 Å². The lowest BCUT2D eigenvalue weighted by atomic mass is 9.95. The summed E-state index contributed by atoms with van der Waals surface area (Å²) in [5.74, 6) is -0.311. The van der Waals surface area contributed by atoms with E-state index < -0.39 is 27.7 Å². The van der Waals surface area contributed by atoms with Crippen molar-refractivity contribution in [2.45, 2.75) is 52.2 Å². The molecule has 0 radical (unpaired) electrons. The molecule has 7 nitrogen and oxygen atoms in total. The molecule has 152 valence electrons. The van der Waals surface area contributed by atoms with E-state index in [1.54, 1.807) is 0 Å². The molecular formula is C20H25NO6S. The fourth-order valence-electron chi connectivity index (χ4n) is 3.75. The van der Waals surface area contributed by atoms with Crippen molar-refractivity contribution < 1.29 is 22.4 Å². The van der Waals surface area contributed by atoms with Crippen LogP contribution in [0.3, 0.4) is 0 Å². The molecule has 1 saturated heterocycles. The second-order valence-electron chi connectivity index (χ2n) is 7.59. The van der Waals surface area contributed by atoms with Crippen molar-refractivity contribution in [3.05, 3.63) is 45.3 Å². The normalized spacial score (nSPS) is 18.1. The highest BCUT2D eigenvalue weighted by atomic mass is 32.2. The maximum Gasteiger partial charge on any atom is 0.336 e. The minimum Gasteiger partial charge on any atom is -0.460 e. The summed E-state index contributed by atoms with van der Waals surface area (Å²) in [6.45, 7) is 6.31. The molecule has 1 aliphatic rings. The summed E-state index contributed by atoms with van der Waals surface area (Å²) in [6, 6.07) is 4.28. The highest BCUT2D eigenvalue weighted by molar-refractivity contribution is 7.88. The molecule has 0 aliphatic carbocycles. The van der Waals surface area contributed by atoms with Gasteiger partial charge in [0.25, 0.3) is 0 Å². The van der Waals surface area contributed by atoms with Crippen LogP contribution in [-0.4, -0.2) is 37.5 Å². The van der Waals surface area contributed by atoms with E-state index >= 15 is 0 Å². The Morgan fingerprint density at radius 1 is 1.32 bits per heavy atom. The Bertz CT molecular complexity index is 1070. The number of carbonyl (C=O) groups is 1. The summed E-state index contributed by atoms with van der Waals surface area (Å²) < 4.78 is 35.6. The third kappa shape index (κ3) is 4.12. The van der Waals surface area contributed by atoms with E-state index in [2.05, 4.69) is 13.8 Å². The number of nitrogens with zero attached hydrogens (tertiary/aromatic N) is 1. The molecule has 0 saturated carbocycles. The Morgan fingerprint density at radius 3 is 2.68 bits per heavy atom. The summed E-state index contributed by atoms with van der Waals surface area (Å²) in [5.41, 5.74) is 2.61. The monoisotopic (exact) mass is 407 g/mol. The minimum absolute atomic E-state index is 0.115. The molecule has 1 fully saturated rings. The van der Waals surface area contributed by atoms with Crippen LogP contribution in [-0.2, 0) is 26.2 Å². The van der Waals surface area contributed by atoms with Gasteiger partial charge in [0.05, 0.1) is 6.26 Å². The SMILES string of the molecule is Cc1cc2oc(=O)cc(COC(=O)C3CCCN3S(C)(=O)=O)c2cc1C(C)C. The van der Waals surface area contributed by atoms with E-state index in [9.17, 15) is 18.0 Å². The van der Waals surface area contributed by atoms with Gasteiger partial charge < -0.3 is 9.15 Å². The predicted molar refractivity (Wildman–Crippen MR) is 106 cm³/mol. The second kappa shape index (κ2) is 7.67. The second-order valence-corrected chi connectivity index (χ2v) is 9.52. The number of aryl methyl sites for hydroxylation is 1. The van der Waals surface area contributed by atoms with Crippen LogP contribution in [0.4, 0.5) is 0 Å². The van der Waals surface area contributed by atoms with Crippen LogP contribution in [0.2, 0.25) is 0 Å². The van der Waals surface area contributed by atoms with E-state index in [0.717, 1.165) is 17.4 Å². The number of hydrogen-bond donors (Lipinski definition) is 0. The number of carbonyl (C=O) groups excluding carboxylic acids is 1. The molecule has 8 heteroatoms. The lowest BCUT2D eigenvalue weighted by Gasteiger charge is -2.20. The Hall–Kier alpha value is -2.19. The molecular weight excluding hydrogens is 382 g/mol. The zero-order chi connectivity index (χ0) is 20.6.